The number of anilines is 1. The van der Waals surface area contributed by atoms with Crippen LogP contribution in [0.1, 0.15) is 25.7 Å². The molecule has 1 spiro atoms. The summed E-state index contributed by atoms with van der Waals surface area (Å²) in [5.74, 6) is 0. The Balaban J connectivity index is 1.66. The second kappa shape index (κ2) is 5.51. The fourth-order valence-corrected chi connectivity index (χ4v) is 3.39. The predicted molar refractivity (Wildman–Crippen MR) is 75.5 cm³/mol. The van der Waals surface area contributed by atoms with E-state index in [2.05, 4.69) is 21.5 Å². The third-order valence-corrected chi connectivity index (χ3v) is 4.45. The SMILES string of the molecule is COCCn1cc(N2CCNC3(CCCC3)C2)cn1. The maximum absolute atomic E-state index is 5.09. The Hall–Kier alpha value is -1.07. The van der Waals surface area contributed by atoms with Crippen molar-refractivity contribution >= 4 is 5.69 Å². The second-order valence-corrected chi connectivity index (χ2v) is 5.79. The van der Waals surface area contributed by atoms with Gasteiger partial charge in [-0.2, -0.15) is 5.10 Å². The van der Waals surface area contributed by atoms with Gasteiger partial charge in [-0.15, -0.1) is 0 Å². The summed E-state index contributed by atoms with van der Waals surface area (Å²) in [7, 11) is 1.73. The van der Waals surface area contributed by atoms with E-state index in [0.717, 1.165) is 26.2 Å². The van der Waals surface area contributed by atoms with Gasteiger partial charge in [0.1, 0.15) is 0 Å². The zero-order chi connectivity index (χ0) is 13.1. The molecule has 0 unspecified atom stereocenters. The van der Waals surface area contributed by atoms with E-state index in [-0.39, 0.29) is 0 Å². The number of rotatable bonds is 4. The van der Waals surface area contributed by atoms with Crippen molar-refractivity contribution < 1.29 is 4.74 Å². The zero-order valence-electron chi connectivity index (χ0n) is 11.8. The molecule has 106 valence electrons. The van der Waals surface area contributed by atoms with E-state index in [1.807, 2.05) is 10.9 Å². The van der Waals surface area contributed by atoms with Crippen LogP contribution in [0, 0.1) is 0 Å². The lowest BCUT2D eigenvalue weighted by atomic mass is 9.94. The van der Waals surface area contributed by atoms with Crippen molar-refractivity contribution in [1.29, 1.82) is 0 Å². The lowest BCUT2D eigenvalue weighted by Crippen LogP contribution is -2.59. The van der Waals surface area contributed by atoms with Crippen molar-refractivity contribution in [3.63, 3.8) is 0 Å². The molecule has 1 aromatic rings. The van der Waals surface area contributed by atoms with Gasteiger partial charge in [0.05, 0.1) is 25.0 Å². The molecule has 1 aliphatic heterocycles. The Morgan fingerprint density at radius 1 is 1.42 bits per heavy atom. The fraction of sp³-hybridized carbons (Fsp3) is 0.786. The van der Waals surface area contributed by atoms with Crippen molar-refractivity contribution in [3.05, 3.63) is 12.4 Å². The van der Waals surface area contributed by atoms with Gasteiger partial charge in [0.15, 0.2) is 0 Å². The summed E-state index contributed by atoms with van der Waals surface area (Å²) in [6.45, 7) is 4.84. The quantitative estimate of drug-likeness (QED) is 0.889. The van der Waals surface area contributed by atoms with Crippen molar-refractivity contribution in [3.8, 4) is 0 Å². The van der Waals surface area contributed by atoms with Gasteiger partial charge in [-0.1, -0.05) is 12.8 Å². The number of methoxy groups -OCH3 is 1. The van der Waals surface area contributed by atoms with Crippen molar-refractivity contribution in [2.24, 2.45) is 0 Å². The average molecular weight is 264 g/mol. The van der Waals surface area contributed by atoms with E-state index in [1.54, 1.807) is 7.11 Å². The Kier molecular flexibility index (Phi) is 3.75. The molecule has 2 heterocycles. The number of nitrogens with zero attached hydrogens (tertiary/aromatic N) is 3. The molecule has 1 aliphatic carbocycles. The summed E-state index contributed by atoms with van der Waals surface area (Å²) in [6.07, 6.45) is 9.52. The first-order valence-electron chi connectivity index (χ1n) is 7.33. The highest BCUT2D eigenvalue weighted by atomic mass is 16.5. The number of aromatic nitrogens is 2. The molecule has 0 aromatic carbocycles. The summed E-state index contributed by atoms with van der Waals surface area (Å²) < 4.78 is 7.07. The highest BCUT2D eigenvalue weighted by molar-refractivity contribution is 5.44. The third-order valence-electron chi connectivity index (χ3n) is 4.45. The van der Waals surface area contributed by atoms with Gasteiger partial charge in [-0.05, 0) is 12.8 Å². The van der Waals surface area contributed by atoms with Gasteiger partial charge in [-0.3, -0.25) is 4.68 Å². The number of ether oxygens (including phenoxy) is 1. The fourth-order valence-electron chi connectivity index (χ4n) is 3.39. The Labute approximate surface area is 114 Å². The second-order valence-electron chi connectivity index (χ2n) is 5.79. The first-order chi connectivity index (χ1) is 9.31. The molecular formula is C14H24N4O. The molecule has 1 saturated heterocycles. The summed E-state index contributed by atoms with van der Waals surface area (Å²) in [6, 6.07) is 0. The standard InChI is InChI=1S/C14H24N4O/c1-19-9-8-18-11-13(10-16-18)17-7-6-15-14(12-17)4-2-3-5-14/h10-11,15H,2-9,12H2,1H3. The summed E-state index contributed by atoms with van der Waals surface area (Å²) in [4.78, 5) is 2.48. The van der Waals surface area contributed by atoms with Crippen LogP contribution in [0.4, 0.5) is 5.69 Å². The van der Waals surface area contributed by atoms with Crippen LogP contribution in [0.25, 0.3) is 0 Å². The number of hydrogen-bond donors (Lipinski definition) is 1. The first kappa shape index (κ1) is 12.9. The molecule has 19 heavy (non-hydrogen) atoms. The molecule has 2 aliphatic rings. The topological polar surface area (TPSA) is 42.3 Å². The average Bonchev–Trinajstić information content (AvgIpc) is 3.06. The van der Waals surface area contributed by atoms with Crippen LogP contribution >= 0.6 is 0 Å². The molecule has 1 aromatic heterocycles. The number of piperazine rings is 1. The van der Waals surface area contributed by atoms with Gasteiger partial charge < -0.3 is 15.0 Å². The molecule has 0 bridgehead atoms. The van der Waals surface area contributed by atoms with Crippen LogP contribution < -0.4 is 10.2 Å². The highest BCUT2D eigenvalue weighted by Gasteiger charge is 2.37. The van der Waals surface area contributed by atoms with E-state index >= 15 is 0 Å². The van der Waals surface area contributed by atoms with Gasteiger partial charge >= 0.3 is 0 Å². The monoisotopic (exact) mass is 264 g/mol. The van der Waals surface area contributed by atoms with E-state index in [0.29, 0.717) is 12.1 Å². The summed E-state index contributed by atoms with van der Waals surface area (Å²) >= 11 is 0. The van der Waals surface area contributed by atoms with Gasteiger partial charge in [-0.25, -0.2) is 0 Å². The maximum atomic E-state index is 5.09. The highest BCUT2D eigenvalue weighted by Crippen LogP contribution is 2.33. The lowest BCUT2D eigenvalue weighted by Gasteiger charge is -2.42. The molecule has 1 N–H and O–H groups in total. The largest absolute Gasteiger partial charge is 0.383 e. The maximum Gasteiger partial charge on any atom is 0.0753 e. The Morgan fingerprint density at radius 3 is 3.05 bits per heavy atom. The van der Waals surface area contributed by atoms with Gasteiger partial charge in [0.2, 0.25) is 0 Å². The van der Waals surface area contributed by atoms with E-state index in [4.69, 9.17) is 4.74 Å². The van der Waals surface area contributed by atoms with Gasteiger partial charge in [0, 0.05) is 38.5 Å². The van der Waals surface area contributed by atoms with E-state index in [9.17, 15) is 0 Å². The zero-order valence-corrected chi connectivity index (χ0v) is 11.8. The molecular weight excluding hydrogens is 240 g/mol. The molecule has 0 atom stereocenters. The molecule has 5 heteroatoms. The summed E-state index contributed by atoms with van der Waals surface area (Å²) in [5.41, 5.74) is 1.62. The smallest absolute Gasteiger partial charge is 0.0753 e. The molecule has 0 radical (unpaired) electrons. The van der Waals surface area contributed by atoms with Crippen molar-refractivity contribution in [2.45, 2.75) is 37.8 Å². The number of nitrogens with one attached hydrogen (secondary N) is 1. The van der Waals surface area contributed by atoms with Crippen LogP contribution in [0.2, 0.25) is 0 Å². The molecule has 5 nitrogen and oxygen atoms in total. The van der Waals surface area contributed by atoms with Crippen LogP contribution in [-0.2, 0) is 11.3 Å². The van der Waals surface area contributed by atoms with Crippen molar-refractivity contribution in [1.82, 2.24) is 15.1 Å². The van der Waals surface area contributed by atoms with Crippen LogP contribution in [0.3, 0.4) is 0 Å². The molecule has 2 fully saturated rings. The van der Waals surface area contributed by atoms with E-state index in [1.165, 1.54) is 31.4 Å². The first-order valence-corrected chi connectivity index (χ1v) is 7.33. The van der Waals surface area contributed by atoms with Gasteiger partial charge in [0.25, 0.3) is 0 Å². The molecule has 0 amide bonds. The lowest BCUT2D eigenvalue weighted by molar-refractivity contribution is 0.183. The minimum Gasteiger partial charge on any atom is -0.383 e. The Bertz CT molecular complexity index is 411. The van der Waals surface area contributed by atoms with Crippen LogP contribution in [-0.4, -0.2) is 48.7 Å². The predicted octanol–water partition coefficient (Wildman–Crippen LogP) is 1.25. The van der Waals surface area contributed by atoms with Crippen LogP contribution in [0.5, 0.6) is 0 Å². The minimum absolute atomic E-state index is 0.368. The van der Waals surface area contributed by atoms with Crippen LogP contribution in [0.15, 0.2) is 12.4 Å². The van der Waals surface area contributed by atoms with Crippen molar-refractivity contribution in [2.75, 3.05) is 38.3 Å². The minimum atomic E-state index is 0.368. The number of hydrogen-bond acceptors (Lipinski definition) is 4. The Morgan fingerprint density at radius 2 is 2.26 bits per heavy atom. The molecule has 1 saturated carbocycles. The summed E-state index contributed by atoms with van der Waals surface area (Å²) in [5, 5.41) is 8.16. The normalized spacial score (nSPS) is 22.3. The molecule has 3 rings (SSSR count). The van der Waals surface area contributed by atoms with E-state index < -0.39 is 0 Å². The third kappa shape index (κ3) is 2.77.